The van der Waals surface area contributed by atoms with Crippen LogP contribution in [-0.4, -0.2) is 46.9 Å². The lowest BCUT2D eigenvalue weighted by atomic mass is 9.86. The van der Waals surface area contributed by atoms with E-state index in [0.717, 1.165) is 42.8 Å². The summed E-state index contributed by atoms with van der Waals surface area (Å²) in [6.07, 6.45) is 5.83. The van der Waals surface area contributed by atoms with Gasteiger partial charge in [-0.25, -0.2) is 14.8 Å². The van der Waals surface area contributed by atoms with Crippen LogP contribution in [0.1, 0.15) is 48.8 Å². The zero-order valence-electron chi connectivity index (χ0n) is 16.7. The lowest BCUT2D eigenvalue weighted by Gasteiger charge is -2.28. The molecule has 5 rings (SSSR count). The van der Waals surface area contributed by atoms with Gasteiger partial charge in [0.2, 0.25) is 5.88 Å². The number of carbonyl (C=O) groups is 1. The van der Waals surface area contributed by atoms with Gasteiger partial charge in [0.15, 0.2) is 5.82 Å². The number of hydrogen-bond donors (Lipinski definition) is 1. The van der Waals surface area contributed by atoms with Gasteiger partial charge >= 0.3 is 6.09 Å². The van der Waals surface area contributed by atoms with E-state index in [4.69, 9.17) is 16.3 Å². The van der Waals surface area contributed by atoms with E-state index in [1.807, 2.05) is 22.8 Å². The van der Waals surface area contributed by atoms with Gasteiger partial charge in [0.25, 0.3) is 0 Å². The van der Waals surface area contributed by atoms with Crippen LogP contribution >= 0.6 is 11.6 Å². The van der Waals surface area contributed by atoms with Crippen molar-refractivity contribution in [2.24, 2.45) is 0 Å². The molecule has 2 aromatic heterocycles. The summed E-state index contributed by atoms with van der Waals surface area (Å²) >= 11 is 6.20. The minimum atomic E-state index is -0.994. The zero-order valence-corrected chi connectivity index (χ0v) is 17.4. The molecule has 1 aliphatic heterocycles. The molecule has 0 unspecified atom stereocenters. The summed E-state index contributed by atoms with van der Waals surface area (Å²) in [4.78, 5) is 21.1. The van der Waals surface area contributed by atoms with Gasteiger partial charge in [0.05, 0.1) is 18.8 Å². The van der Waals surface area contributed by atoms with Crippen LogP contribution < -0.4 is 4.74 Å². The highest BCUT2D eigenvalue weighted by molar-refractivity contribution is 6.30. The van der Waals surface area contributed by atoms with E-state index in [9.17, 15) is 9.90 Å². The fraction of sp³-hybridized carbons (Fsp3) is 0.381. The first-order valence-electron chi connectivity index (χ1n) is 10.2. The fourth-order valence-electron chi connectivity index (χ4n) is 4.38. The van der Waals surface area contributed by atoms with Crippen LogP contribution in [0.4, 0.5) is 4.79 Å². The van der Waals surface area contributed by atoms with Crippen molar-refractivity contribution in [3.05, 3.63) is 59.0 Å². The molecule has 0 saturated heterocycles. The Hall–Kier alpha value is -3.20. The Morgan fingerprint density at radius 3 is 2.71 bits per heavy atom. The van der Waals surface area contributed by atoms with Crippen LogP contribution in [0, 0.1) is 0 Å². The monoisotopic (exact) mass is 440 g/mol. The molecule has 0 atom stereocenters. The number of rotatable bonds is 3. The van der Waals surface area contributed by atoms with Crippen molar-refractivity contribution >= 4 is 17.7 Å². The maximum atomic E-state index is 11.7. The lowest BCUT2D eigenvalue weighted by Crippen LogP contribution is -2.28. The van der Waals surface area contributed by atoms with Crippen molar-refractivity contribution < 1.29 is 14.6 Å². The highest BCUT2D eigenvalue weighted by atomic mass is 35.5. The van der Waals surface area contributed by atoms with Crippen molar-refractivity contribution in [2.75, 3.05) is 0 Å². The molecule has 1 fully saturated rings. The molecular formula is C21H21ClN6O3. The molecule has 2 aliphatic rings. The molecule has 160 valence electrons. The van der Waals surface area contributed by atoms with Gasteiger partial charge in [0, 0.05) is 23.2 Å². The molecule has 0 bridgehead atoms. The molecule has 31 heavy (non-hydrogen) atoms. The predicted molar refractivity (Wildman–Crippen MR) is 111 cm³/mol. The Morgan fingerprint density at radius 2 is 1.97 bits per heavy atom. The first-order valence-corrected chi connectivity index (χ1v) is 10.6. The predicted octanol–water partition coefficient (Wildman–Crippen LogP) is 3.81. The molecule has 1 aliphatic carbocycles. The van der Waals surface area contributed by atoms with Crippen molar-refractivity contribution in [3.63, 3.8) is 0 Å². The second-order valence-corrected chi connectivity index (χ2v) is 8.30. The average Bonchev–Trinajstić information content (AvgIpc) is 3.10. The van der Waals surface area contributed by atoms with Gasteiger partial charge < -0.3 is 9.84 Å². The van der Waals surface area contributed by atoms with Crippen LogP contribution in [-0.2, 0) is 13.1 Å². The standard InChI is InChI=1S/C21H21ClN6O3/c22-15-3-6-17-14(9-15)10-27(21(29)30)11-18-25-26-20(28(17)18)13-1-4-16(5-2-13)31-19-7-8-23-12-24-19/h3,6-9,12-13,16H,1-2,4-5,10-11H2,(H,29,30)/t13-,16-. The minimum Gasteiger partial charge on any atom is -0.474 e. The third kappa shape index (κ3) is 3.93. The number of carboxylic acid groups (broad SMARTS) is 1. The Kier molecular flexibility index (Phi) is 5.19. The Bertz CT molecular complexity index is 1100. The number of fused-ring (bicyclic) bond motifs is 3. The van der Waals surface area contributed by atoms with Gasteiger partial charge in [-0.1, -0.05) is 11.6 Å². The molecule has 1 aromatic carbocycles. The molecule has 1 saturated carbocycles. The molecule has 3 aromatic rings. The van der Waals surface area contributed by atoms with Crippen molar-refractivity contribution in [3.8, 4) is 11.6 Å². The van der Waals surface area contributed by atoms with Crippen LogP contribution in [0.3, 0.4) is 0 Å². The van der Waals surface area contributed by atoms with Crippen LogP contribution in [0.25, 0.3) is 5.69 Å². The van der Waals surface area contributed by atoms with Crippen LogP contribution in [0.15, 0.2) is 36.8 Å². The summed E-state index contributed by atoms with van der Waals surface area (Å²) in [7, 11) is 0. The van der Waals surface area contributed by atoms with E-state index >= 15 is 0 Å². The number of amides is 1. The van der Waals surface area contributed by atoms with E-state index in [2.05, 4.69) is 20.2 Å². The Labute approximate surface area is 183 Å². The number of ether oxygens (including phenoxy) is 1. The first kappa shape index (κ1) is 19.7. The normalized spacial score (nSPS) is 20.5. The van der Waals surface area contributed by atoms with Gasteiger partial charge in [-0.2, -0.15) is 0 Å². The largest absolute Gasteiger partial charge is 0.474 e. The topological polar surface area (TPSA) is 106 Å². The minimum absolute atomic E-state index is 0.103. The summed E-state index contributed by atoms with van der Waals surface area (Å²) < 4.78 is 8.00. The number of aromatic nitrogens is 5. The molecule has 10 heteroatoms. The van der Waals surface area contributed by atoms with E-state index in [1.54, 1.807) is 12.3 Å². The maximum Gasteiger partial charge on any atom is 0.408 e. The highest BCUT2D eigenvalue weighted by Crippen LogP contribution is 2.36. The second-order valence-electron chi connectivity index (χ2n) is 7.86. The Morgan fingerprint density at radius 1 is 1.13 bits per heavy atom. The van der Waals surface area contributed by atoms with Crippen molar-refractivity contribution in [1.29, 1.82) is 0 Å². The smallest absolute Gasteiger partial charge is 0.408 e. The molecule has 1 N–H and O–H groups in total. The molecule has 1 amide bonds. The number of nitrogens with zero attached hydrogens (tertiary/aromatic N) is 6. The summed E-state index contributed by atoms with van der Waals surface area (Å²) in [5, 5.41) is 19.0. The zero-order chi connectivity index (χ0) is 21.4. The van der Waals surface area contributed by atoms with Crippen LogP contribution in [0.5, 0.6) is 5.88 Å². The number of hydrogen-bond acceptors (Lipinski definition) is 6. The molecule has 9 nitrogen and oxygen atoms in total. The van der Waals surface area contributed by atoms with Gasteiger partial charge in [-0.05, 0) is 49.4 Å². The second kappa shape index (κ2) is 8.14. The summed E-state index contributed by atoms with van der Waals surface area (Å²) in [6, 6.07) is 7.32. The van der Waals surface area contributed by atoms with Gasteiger partial charge in [0.1, 0.15) is 18.3 Å². The van der Waals surface area contributed by atoms with Crippen molar-refractivity contribution in [2.45, 2.75) is 50.8 Å². The third-order valence-electron chi connectivity index (χ3n) is 5.88. The first-order chi connectivity index (χ1) is 15.1. The Balaban J connectivity index is 1.41. The summed E-state index contributed by atoms with van der Waals surface area (Å²) in [6.45, 7) is 0.439. The quantitative estimate of drug-likeness (QED) is 0.659. The van der Waals surface area contributed by atoms with E-state index in [1.165, 1.54) is 11.2 Å². The SMILES string of the molecule is O=C(O)N1Cc2cc(Cl)ccc2-n2c(nnc2[C@H]2CC[C@H](Oc3ccncn3)CC2)C1. The third-order valence-corrected chi connectivity index (χ3v) is 6.12. The van der Waals surface area contributed by atoms with E-state index in [-0.39, 0.29) is 25.1 Å². The number of halogens is 1. The van der Waals surface area contributed by atoms with Crippen LogP contribution in [0.2, 0.25) is 5.02 Å². The number of benzene rings is 1. The van der Waals surface area contributed by atoms with Gasteiger partial charge in [-0.3, -0.25) is 9.47 Å². The summed E-state index contributed by atoms with van der Waals surface area (Å²) in [5.74, 6) is 2.30. The van der Waals surface area contributed by atoms with E-state index < -0.39 is 6.09 Å². The summed E-state index contributed by atoms with van der Waals surface area (Å²) in [5.41, 5.74) is 1.73. The maximum absolute atomic E-state index is 11.7. The lowest BCUT2D eigenvalue weighted by molar-refractivity contribution is 0.137. The molecule has 0 radical (unpaired) electrons. The average molecular weight is 441 g/mol. The fourth-order valence-corrected chi connectivity index (χ4v) is 4.58. The molecule has 0 spiro atoms. The molecular weight excluding hydrogens is 420 g/mol. The highest BCUT2D eigenvalue weighted by Gasteiger charge is 2.32. The molecule has 3 heterocycles. The van der Waals surface area contributed by atoms with E-state index in [0.29, 0.717) is 16.7 Å². The van der Waals surface area contributed by atoms with Crippen molar-refractivity contribution in [1.82, 2.24) is 29.6 Å². The van der Waals surface area contributed by atoms with Gasteiger partial charge in [-0.15, -0.1) is 10.2 Å².